The van der Waals surface area contributed by atoms with Crippen molar-refractivity contribution in [2.75, 3.05) is 0 Å². The van der Waals surface area contributed by atoms with Crippen molar-refractivity contribution in [3.63, 3.8) is 0 Å². The molecule has 0 spiro atoms. The van der Waals surface area contributed by atoms with Crippen LogP contribution >= 0.6 is 0 Å². The van der Waals surface area contributed by atoms with Crippen molar-refractivity contribution in [2.24, 2.45) is 0 Å². The van der Waals surface area contributed by atoms with Gasteiger partial charge in [0, 0.05) is 6.07 Å². The van der Waals surface area contributed by atoms with Crippen LogP contribution in [0.1, 0.15) is 11.1 Å². The van der Waals surface area contributed by atoms with E-state index in [-0.39, 0.29) is 22.8 Å². The molecule has 0 aliphatic rings. The molecule has 1 aromatic heterocycles. The van der Waals surface area contributed by atoms with Crippen LogP contribution in [-0.2, 0) is 0 Å². The molecule has 0 atom stereocenters. The highest BCUT2D eigenvalue weighted by Crippen LogP contribution is 2.33. The van der Waals surface area contributed by atoms with Gasteiger partial charge in [-0.2, -0.15) is 0 Å². The quantitative estimate of drug-likeness (QED) is 0.791. The highest BCUT2D eigenvalue weighted by Gasteiger charge is 2.13. The molecule has 2 rings (SSSR count). The monoisotopic (exact) mass is 232 g/mol. The van der Waals surface area contributed by atoms with Gasteiger partial charge in [0.2, 0.25) is 0 Å². The number of hydrogen-bond acceptors (Lipinski definition) is 4. The molecule has 0 radical (unpaired) electrons. The fraction of sp³-hybridized carbons (Fsp3) is 0.154. The minimum Gasteiger partial charge on any atom is -0.507 e. The summed E-state index contributed by atoms with van der Waals surface area (Å²) in [7, 11) is 0. The molecule has 0 aliphatic heterocycles. The maximum absolute atomic E-state index is 11.4. The first-order valence-electron chi connectivity index (χ1n) is 5.13. The van der Waals surface area contributed by atoms with Crippen molar-refractivity contribution in [2.45, 2.75) is 13.8 Å². The first-order valence-corrected chi connectivity index (χ1v) is 5.13. The van der Waals surface area contributed by atoms with Crippen LogP contribution in [0.25, 0.3) is 11.3 Å². The SMILES string of the molecule is Cc1cccc(O)c1-c1cc(O)c(C)c(=O)o1. The van der Waals surface area contributed by atoms with Gasteiger partial charge in [0.15, 0.2) is 0 Å². The Hall–Kier alpha value is -2.23. The number of benzene rings is 1. The van der Waals surface area contributed by atoms with Gasteiger partial charge in [0.1, 0.15) is 17.3 Å². The second kappa shape index (κ2) is 3.97. The molecule has 0 saturated carbocycles. The fourth-order valence-electron chi connectivity index (χ4n) is 1.64. The molecule has 2 aromatic rings. The third-order valence-corrected chi connectivity index (χ3v) is 2.66. The van der Waals surface area contributed by atoms with Gasteiger partial charge >= 0.3 is 5.63 Å². The van der Waals surface area contributed by atoms with Crippen LogP contribution in [0.3, 0.4) is 0 Å². The Morgan fingerprint density at radius 1 is 1.12 bits per heavy atom. The first kappa shape index (κ1) is 11.3. The normalized spacial score (nSPS) is 10.5. The number of aromatic hydroxyl groups is 2. The summed E-state index contributed by atoms with van der Waals surface area (Å²) in [5, 5.41) is 19.3. The van der Waals surface area contributed by atoms with E-state index < -0.39 is 5.63 Å². The zero-order chi connectivity index (χ0) is 12.6. The smallest absolute Gasteiger partial charge is 0.342 e. The molecule has 4 nitrogen and oxygen atoms in total. The number of rotatable bonds is 1. The Morgan fingerprint density at radius 2 is 1.82 bits per heavy atom. The first-order chi connectivity index (χ1) is 8.00. The molecule has 4 heteroatoms. The van der Waals surface area contributed by atoms with E-state index in [0.29, 0.717) is 5.56 Å². The van der Waals surface area contributed by atoms with Crippen LogP contribution in [0.2, 0.25) is 0 Å². The molecule has 0 saturated heterocycles. The lowest BCUT2D eigenvalue weighted by Gasteiger charge is -2.07. The summed E-state index contributed by atoms with van der Waals surface area (Å²) in [4.78, 5) is 11.4. The number of phenolic OH excluding ortho intramolecular Hbond substituents is 1. The Kier molecular flexibility index (Phi) is 2.63. The molecule has 0 unspecified atom stereocenters. The largest absolute Gasteiger partial charge is 0.507 e. The Labute approximate surface area is 97.8 Å². The zero-order valence-electron chi connectivity index (χ0n) is 9.52. The van der Waals surface area contributed by atoms with Crippen molar-refractivity contribution in [1.82, 2.24) is 0 Å². The van der Waals surface area contributed by atoms with E-state index in [4.69, 9.17) is 4.42 Å². The summed E-state index contributed by atoms with van der Waals surface area (Å²) in [5.74, 6) is 0.0315. The molecule has 0 aliphatic carbocycles. The number of hydrogen-bond donors (Lipinski definition) is 2. The van der Waals surface area contributed by atoms with E-state index in [1.165, 1.54) is 19.1 Å². The predicted molar refractivity (Wildman–Crippen MR) is 63.2 cm³/mol. The number of aryl methyl sites for hydroxylation is 1. The molecule has 2 N–H and O–H groups in total. The molecule has 0 fully saturated rings. The maximum atomic E-state index is 11.4. The Morgan fingerprint density at radius 3 is 2.41 bits per heavy atom. The van der Waals surface area contributed by atoms with Crippen molar-refractivity contribution in [1.29, 1.82) is 0 Å². The average molecular weight is 232 g/mol. The topological polar surface area (TPSA) is 70.7 Å². The maximum Gasteiger partial charge on any atom is 0.342 e. The molecule has 0 amide bonds. The van der Waals surface area contributed by atoms with Gasteiger partial charge in [-0.25, -0.2) is 4.79 Å². The summed E-state index contributed by atoms with van der Waals surface area (Å²) in [6.45, 7) is 3.26. The molecular weight excluding hydrogens is 220 g/mol. The summed E-state index contributed by atoms with van der Waals surface area (Å²) in [6.07, 6.45) is 0. The van der Waals surface area contributed by atoms with Gasteiger partial charge in [-0.15, -0.1) is 0 Å². The highest BCUT2D eigenvalue weighted by molar-refractivity contribution is 5.70. The fourth-order valence-corrected chi connectivity index (χ4v) is 1.64. The van der Waals surface area contributed by atoms with Gasteiger partial charge in [-0.05, 0) is 25.5 Å². The highest BCUT2D eigenvalue weighted by atomic mass is 16.4. The van der Waals surface area contributed by atoms with Crippen molar-refractivity contribution in [3.05, 3.63) is 45.8 Å². The van der Waals surface area contributed by atoms with E-state index in [1.807, 2.05) is 0 Å². The van der Waals surface area contributed by atoms with E-state index in [0.717, 1.165) is 5.56 Å². The minimum absolute atomic E-state index is 0.0106. The second-order valence-electron chi connectivity index (χ2n) is 3.88. The lowest BCUT2D eigenvalue weighted by molar-refractivity contribution is 0.442. The lowest BCUT2D eigenvalue weighted by atomic mass is 10.0. The van der Waals surface area contributed by atoms with Gasteiger partial charge < -0.3 is 14.6 Å². The van der Waals surface area contributed by atoms with Crippen molar-refractivity contribution < 1.29 is 14.6 Å². The standard InChI is InChI=1S/C13H12O4/c1-7-4-3-5-9(14)12(7)11-6-10(15)8(2)13(16)17-11/h3-6,14-15H,1-2H3. The van der Waals surface area contributed by atoms with Crippen LogP contribution in [0.5, 0.6) is 11.5 Å². The molecule has 88 valence electrons. The van der Waals surface area contributed by atoms with Crippen LogP contribution in [-0.4, -0.2) is 10.2 Å². The summed E-state index contributed by atoms with van der Waals surface area (Å²) in [6, 6.07) is 6.31. The summed E-state index contributed by atoms with van der Waals surface area (Å²) >= 11 is 0. The zero-order valence-corrected chi connectivity index (χ0v) is 9.52. The second-order valence-corrected chi connectivity index (χ2v) is 3.88. The third-order valence-electron chi connectivity index (χ3n) is 2.66. The van der Waals surface area contributed by atoms with E-state index in [1.54, 1.807) is 19.1 Å². The van der Waals surface area contributed by atoms with Crippen molar-refractivity contribution >= 4 is 0 Å². The Bertz CT molecular complexity index is 606. The molecule has 17 heavy (non-hydrogen) atoms. The van der Waals surface area contributed by atoms with Crippen molar-refractivity contribution in [3.8, 4) is 22.8 Å². The van der Waals surface area contributed by atoms with Gasteiger partial charge in [-0.1, -0.05) is 12.1 Å². The molecule has 0 bridgehead atoms. The van der Waals surface area contributed by atoms with Crippen LogP contribution in [0, 0.1) is 13.8 Å². The lowest BCUT2D eigenvalue weighted by Crippen LogP contribution is -2.03. The van der Waals surface area contributed by atoms with Gasteiger partial charge in [0.05, 0.1) is 11.1 Å². The average Bonchev–Trinajstić information content (AvgIpc) is 2.25. The Balaban J connectivity index is 2.74. The van der Waals surface area contributed by atoms with Crippen LogP contribution in [0.4, 0.5) is 0 Å². The van der Waals surface area contributed by atoms with Crippen LogP contribution in [0.15, 0.2) is 33.5 Å². The van der Waals surface area contributed by atoms with E-state index in [9.17, 15) is 15.0 Å². The number of phenols is 1. The summed E-state index contributed by atoms with van der Waals surface area (Å²) in [5.41, 5.74) is 0.723. The van der Waals surface area contributed by atoms with E-state index >= 15 is 0 Å². The summed E-state index contributed by atoms with van der Waals surface area (Å²) < 4.78 is 5.06. The van der Waals surface area contributed by atoms with Crippen LogP contribution < -0.4 is 5.63 Å². The molecular formula is C13H12O4. The van der Waals surface area contributed by atoms with E-state index in [2.05, 4.69) is 0 Å². The minimum atomic E-state index is -0.609. The molecule has 1 aromatic carbocycles. The van der Waals surface area contributed by atoms with Gasteiger partial charge in [-0.3, -0.25) is 0 Å². The molecule has 1 heterocycles. The predicted octanol–water partition coefficient (Wildman–Crippen LogP) is 2.33. The third kappa shape index (κ3) is 1.89. The van der Waals surface area contributed by atoms with Gasteiger partial charge in [0.25, 0.3) is 0 Å².